The highest BCUT2D eigenvalue weighted by molar-refractivity contribution is 9.10. The molecule has 0 saturated carbocycles. The highest BCUT2D eigenvalue weighted by Gasteiger charge is 2.18. The van der Waals surface area contributed by atoms with Crippen LogP contribution >= 0.6 is 15.9 Å². The number of hydrogen-bond acceptors (Lipinski definition) is 4. The smallest absolute Gasteiger partial charge is 0.281 e. The maximum atomic E-state index is 11.1. The summed E-state index contributed by atoms with van der Waals surface area (Å²) in [5.74, 6) is -0.264. The van der Waals surface area contributed by atoms with Crippen LogP contribution in [0.1, 0.15) is 27.6 Å². The van der Waals surface area contributed by atoms with Crippen molar-refractivity contribution >= 4 is 33.7 Å². The van der Waals surface area contributed by atoms with Gasteiger partial charge in [-0.15, -0.1) is 0 Å². The van der Waals surface area contributed by atoms with Gasteiger partial charge in [-0.05, 0) is 28.9 Å². The highest BCUT2D eigenvalue weighted by Crippen LogP contribution is 2.26. The van der Waals surface area contributed by atoms with E-state index < -0.39 is 4.92 Å². The van der Waals surface area contributed by atoms with Gasteiger partial charge >= 0.3 is 0 Å². The number of nitro benzene ring substituents is 1. The molecule has 0 spiro atoms. The van der Waals surface area contributed by atoms with Crippen molar-refractivity contribution in [3.63, 3.8) is 0 Å². The van der Waals surface area contributed by atoms with Crippen LogP contribution in [0, 0.1) is 10.1 Å². The van der Waals surface area contributed by atoms with Crippen molar-refractivity contribution in [2.24, 2.45) is 0 Å². The fourth-order valence-corrected chi connectivity index (χ4v) is 1.71. The summed E-state index contributed by atoms with van der Waals surface area (Å²) >= 11 is 3.04. The van der Waals surface area contributed by atoms with Crippen LogP contribution in [0.15, 0.2) is 16.6 Å². The summed E-state index contributed by atoms with van der Waals surface area (Å²) in [6.45, 7) is 1.32. The van der Waals surface area contributed by atoms with E-state index in [1.54, 1.807) is 0 Å². The van der Waals surface area contributed by atoms with Gasteiger partial charge in [0, 0.05) is 16.1 Å². The molecular formula is C9H6BrNO4. The average molecular weight is 272 g/mol. The van der Waals surface area contributed by atoms with Crippen molar-refractivity contribution in [2.75, 3.05) is 0 Å². The monoisotopic (exact) mass is 271 g/mol. The molecule has 0 heterocycles. The fourth-order valence-electron chi connectivity index (χ4n) is 1.10. The number of carbonyl (C=O) groups excluding carboxylic acids is 2. The third-order valence-electron chi connectivity index (χ3n) is 1.82. The number of ketones is 1. The molecule has 0 N–H and O–H groups in total. The minimum absolute atomic E-state index is 0.103. The second-order valence-corrected chi connectivity index (χ2v) is 3.68. The first kappa shape index (κ1) is 11.5. The van der Waals surface area contributed by atoms with E-state index in [0.29, 0.717) is 10.8 Å². The summed E-state index contributed by atoms with van der Waals surface area (Å²) < 4.78 is 0.312. The average Bonchev–Trinajstić information content (AvgIpc) is 2.16. The topological polar surface area (TPSA) is 77.3 Å². The third-order valence-corrected chi connectivity index (χ3v) is 2.48. The molecule has 0 unspecified atom stereocenters. The van der Waals surface area contributed by atoms with E-state index >= 15 is 0 Å². The zero-order valence-corrected chi connectivity index (χ0v) is 9.28. The molecule has 78 valence electrons. The van der Waals surface area contributed by atoms with Crippen LogP contribution in [-0.4, -0.2) is 17.0 Å². The van der Waals surface area contributed by atoms with Crippen molar-refractivity contribution in [1.82, 2.24) is 0 Å². The number of nitro groups is 1. The van der Waals surface area contributed by atoms with Crippen LogP contribution in [0.5, 0.6) is 0 Å². The Morgan fingerprint density at radius 3 is 2.53 bits per heavy atom. The van der Waals surface area contributed by atoms with Gasteiger partial charge < -0.3 is 0 Å². The van der Waals surface area contributed by atoms with E-state index in [9.17, 15) is 19.7 Å². The van der Waals surface area contributed by atoms with Crippen LogP contribution in [-0.2, 0) is 0 Å². The maximum absolute atomic E-state index is 11.1. The molecule has 6 heteroatoms. The normalized spacial score (nSPS) is 9.73. The second-order valence-electron chi connectivity index (χ2n) is 2.82. The van der Waals surface area contributed by atoms with Crippen molar-refractivity contribution in [1.29, 1.82) is 0 Å². The molecule has 0 saturated heterocycles. The number of halogens is 1. The number of benzene rings is 1. The summed E-state index contributed by atoms with van der Waals surface area (Å²) in [4.78, 5) is 31.6. The Balaban J connectivity index is 3.48. The first-order valence-electron chi connectivity index (χ1n) is 3.91. The maximum Gasteiger partial charge on any atom is 0.281 e. The van der Waals surface area contributed by atoms with Gasteiger partial charge in [-0.1, -0.05) is 0 Å². The second kappa shape index (κ2) is 4.31. The van der Waals surface area contributed by atoms with E-state index in [4.69, 9.17) is 0 Å². The Morgan fingerprint density at radius 2 is 2.13 bits per heavy atom. The molecule has 0 atom stereocenters. The van der Waals surface area contributed by atoms with Gasteiger partial charge in [-0.25, -0.2) is 0 Å². The zero-order chi connectivity index (χ0) is 11.6. The molecule has 1 aromatic carbocycles. The first-order valence-corrected chi connectivity index (χ1v) is 4.70. The Bertz CT molecular complexity index is 456. The van der Waals surface area contributed by atoms with Gasteiger partial charge in [0.05, 0.1) is 10.5 Å². The minimum atomic E-state index is -0.668. The molecule has 0 bridgehead atoms. The molecule has 5 nitrogen and oxygen atoms in total. The first-order chi connectivity index (χ1) is 6.97. The van der Waals surface area contributed by atoms with Gasteiger partial charge in [0.1, 0.15) is 0 Å². The van der Waals surface area contributed by atoms with E-state index in [1.165, 1.54) is 13.0 Å². The molecule has 0 aliphatic heterocycles. The summed E-state index contributed by atoms with van der Waals surface area (Å²) in [5.41, 5.74) is -0.169. The predicted octanol–water partition coefficient (Wildman–Crippen LogP) is 2.37. The molecule has 1 aromatic rings. The molecular weight excluding hydrogens is 266 g/mol. The summed E-state index contributed by atoms with van der Waals surface area (Å²) in [7, 11) is 0. The van der Waals surface area contributed by atoms with E-state index in [0.717, 1.165) is 6.07 Å². The van der Waals surface area contributed by atoms with E-state index in [1.807, 2.05) is 0 Å². The molecule has 0 aliphatic carbocycles. The lowest BCUT2D eigenvalue weighted by Crippen LogP contribution is -2.00. The Hall–Kier alpha value is -1.56. The zero-order valence-electron chi connectivity index (χ0n) is 7.69. The van der Waals surface area contributed by atoms with Gasteiger partial charge in [0.25, 0.3) is 5.69 Å². The van der Waals surface area contributed by atoms with Crippen LogP contribution in [0.3, 0.4) is 0 Å². The molecule has 0 radical (unpaired) electrons. The number of rotatable bonds is 3. The van der Waals surface area contributed by atoms with Gasteiger partial charge in [0.15, 0.2) is 12.1 Å². The molecule has 1 rings (SSSR count). The van der Waals surface area contributed by atoms with Crippen molar-refractivity contribution in [2.45, 2.75) is 6.92 Å². The van der Waals surface area contributed by atoms with Crippen LogP contribution < -0.4 is 0 Å². The quantitative estimate of drug-likeness (QED) is 0.366. The number of carbonyl (C=O) groups is 2. The van der Waals surface area contributed by atoms with Crippen LogP contribution in [0.2, 0.25) is 0 Å². The number of Topliss-reactive ketones (excluding diaryl/α,β-unsaturated/α-hetero) is 1. The largest absolute Gasteiger partial charge is 0.298 e. The fraction of sp³-hybridized carbons (Fsp3) is 0.111. The van der Waals surface area contributed by atoms with Gasteiger partial charge in [-0.3, -0.25) is 19.7 Å². The minimum Gasteiger partial charge on any atom is -0.298 e. The lowest BCUT2D eigenvalue weighted by atomic mass is 10.1. The molecule has 0 amide bonds. The molecule has 0 fully saturated rings. The SMILES string of the molecule is CC(=O)c1cc(C=O)c([N+](=O)[O-])cc1Br. The van der Waals surface area contributed by atoms with Gasteiger partial charge in [-0.2, -0.15) is 0 Å². The lowest BCUT2D eigenvalue weighted by Gasteiger charge is -2.02. The van der Waals surface area contributed by atoms with Crippen molar-refractivity contribution < 1.29 is 14.5 Å². The van der Waals surface area contributed by atoms with Gasteiger partial charge in [0.2, 0.25) is 0 Å². The number of nitrogens with zero attached hydrogens (tertiary/aromatic N) is 1. The Morgan fingerprint density at radius 1 is 1.53 bits per heavy atom. The van der Waals surface area contributed by atoms with Crippen LogP contribution in [0.25, 0.3) is 0 Å². The molecule has 0 aromatic heterocycles. The van der Waals surface area contributed by atoms with E-state index in [2.05, 4.69) is 15.9 Å². The van der Waals surface area contributed by atoms with Crippen molar-refractivity contribution in [3.8, 4) is 0 Å². The van der Waals surface area contributed by atoms with Crippen LogP contribution in [0.4, 0.5) is 5.69 Å². The summed E-state index contributed by atoms with van der Waals surface area (Å²) in [6.07, 6.45) is 0.358. The Labute approximate surface area is 93.4 Å². The summed E-state index contributed by atoms with van der Waals surface area (Å²) in [6, 6.07) is 2.36. The number of aldehydes is 1. The lowest BCUT2D eigenvalue weighted by molar-refractivity contribution is -0.385. The Kier molecular flexibility index (Phi) is 3.31. The van der Waals surface area contributed by atoms with E-state index in [-0.39, 0.29) is 22.6 Å². The predicted molar refractivity (Wildman–Crippen MR) is 56.2 cm³/mol. The third kappa shape index (κ3) is 2.27. The standard InChI is InChI=1S/C9H6BrNO4/c1-5(13)7-2-6(4-12)9(11(14)15)3-8(7)10/h2-4H,1H3. The molecule has 0 aliphatic rings. The molecule has 15 heavy (non-hydrogen) atoms. The highest BCUT2D eigenvalue weighted by atomic mass is 79.9. The summed E-state index contributed by atoms with van der Waals surface area (Å²) in [5, 5.41) is 10.6. The van der Waals surface area contributed by atoms with Crippen molar-refractivity contribution in [3.05, 3.63) is 37.8 Å². The number of hydrogen-bond donors (Lipinski definition) is 0.